The molecule has 0 saturated carbocycles. The van der Waals surface area contributed by atoms with Crippen molar-refractivity contribution in [1.29, 1.82) is 0 Å². The molecule has 23 heavy (non-hydrogen) atoms. The van der Waals surface area contributed by atoms with E-state index in [2.05, 4.69) is 33.2 Å². The van der Waals surface area contributed by atoms with Crippen LogP contribution in [0.15, 0.2) is 48.9 Å². The van der Waals surface area contributed by atoms with Crippen LogP contribution in [0.25, 0.3) is 5.69 Å². The van der Waals surface area contributed by atoms with Gasteiger partial charge < -0.3 is 5.73 Å². The van der Waals surface area contributed by atoms with Crippen LogP contribution in [0.1, 0.15) is 35.6 Å². The van der Waals surface area contributed by atoms with Crippen LogP contribution in [-0.4, -0.2) is 26.1 Å². The molecule has 0 saturated heterocycles. The molecular formula is C18H21N5. The number of nitrogens with zero attached hydrogens (tertiary/aromatic N) is 4. The van der Waals surface area contributed by atoms with E-state index in [0.717, 1.165) is 24.2 Å². The lowest BCUT2D eigenvalue weighted by atomic mass is 9.87. The number of nitrogens with two attached hydrogens (primary N) is 1. The van der Waals surface area contributed by atoms with Crippen LogP contribution in [0.3, 0.4) is 0 Å². The minimum absolute atomic E-state index is 0.472. The Bertz CT molecular complexity index is 787. The van der Waals surface area contributed by atoms with Crippen LogP contribution in [0, 0.1) is 0 Å². The van der Waals surface area contributed by atoms with Crippen molar-refractivity contribution < 1.29 is 0 Å². The molecule has 4 rings (SSSR count). The molecule has 1 unspecified atom stereocenters. The molecule has 5 nitrogen and oxygen atoms in total. The van der Waals surface area contributed by atoms with E-state index in [9.17, 15) is 0 Å². The molecule has 0 spiro atoms. The molecule has 0 bridgehead atoms. The molecule has 2 heterocycles. The van der Waals surface area contributed by atoms with Gasteiger partial charge in [0, 0.05) is 17.5 Å². The Hall–Kier alpha value is -2.40. The Morgan fingerprint density at radius 2 is 2.00 bits per heavy atom. The topological polar surface area (TPSA) is 61.7 Å². The van der Waals surface area contributed by atoms with E-state index in [1.54, 1.807) is 0 Å². The first-order chi connectivity index (χ1) is 11.3. The van der Waals surface area contributed by atoms with Gasteiger partial charge in [0.1, 0.15) is 0 Å². The number of para-hydroxylation sites is 1. The fourth-order valence-corrected chi connectivity index (χ4v) is 3.43. The van der Waals surface area contributed by atoms with Crippen molar-refractivity contribution in [3.8, 4) is 5.69 Å². The van der Waals surface area contributed by atoms with Gasteiger partial charge in [-0.1, -0.05) is 18.2 Å². The highest BCUT2D eigenvalue weighted by atomic mass is 15.3. The van der Waals surface area contributed by atoms with Gasteiger partial charge in [-0.05, 0) is 49.4 Å². The van der Waals surface area contributed by atoms with E-state index < -0.39 is 0 Å². The van der Waals surface area contributed by atoms with E-state index >= 15 is 0 Å². The average Bonchev–Trinajstić information content (AvgIpc) is 3.23. The molecule has 0 amide bonds. The molecule has 2 N–H and O–H groups in total. The Morgan fingerprint density at radius 3 is 2.83 bits per heavy atom. The normalized spacial score (nSPS) is 17.2. The summed E-state index contributed by atoms with van der Waals surface area (Å²) in [6, 6.07) is 10.2. The molecule has 5 heteroatoms. The summed E-state index contributed by atoms with van der Waals surface area (Å²) < 4.78 is 4.03. The second kappa shape index (κ2) is 6.01. The number of hydrogen-bond donors (Lipinski definition) is 1. The fourth-order valence-electron chi connectivity index (χ4n) is 3.43. The van der Waals surface area contributed by atoms with Crippen molar-refractivity contribution in [3.05, 3.63) is 65.7 Å². The lowest BCUT2D eigenvalue weighted by Gasteiger charge is -2.21. The van der Waals surface area contributed by atoms with Crippen molar-refractivity contribution in [2.24, 2.45) is 5.73 Å². The highest BCUT2D eigenvalue weighted by Gasteiger charge is 2.23. The first-order valence-electron chi connectivity index (χ1n) is 8.19. The maximum atomic E-state index is 5.90. The minimum Gasteiger partial charge on any atom is -0.330 e. The molecule has 1 aliphatic carbocycles. The number of rotatable bonds is 4. The predicted octanol–water partition coefficient (Wildman–Crippen LogP) is 2.50. The smallest absolute Gasteiger partial charge is 0.0693 e. The lowest BCUT2D eigenvalue weighted by Crippen LogP contribution is -2.19. The van der Waals surface area contributed by atoms with Crippen LogP contribution in [-0.2, 0) is 13.0 Å². The minimum atomic E-state index is 0.472. The van der Waals surface area contributed by atoms with Crippen molar-refractivity contribution in [2.75, 3.05) is 6.54 Å². The van der Waals surface area contributed by atoms with E-state index in [-0.39, 0.29) is 0 Å². The average molecular weight is 307 g/mol. The third kappa shape index (κ3) is 2.68. The summed E-state index contributed by atoms with van der Waals surface area (Å²) in [6.07, 6.45) is 9.48. The fraction of sp³-hybridized carbons (Fsp3) is 0.333. The summed E-state index contributed by atoms with van der Waals surface area (Å²) in [7, 11) is 0. The monoisotopic (exact) mass is 307 g/mol. The van der Waals surface area contributed by atoms with Gasteiger partial charge in [-0.2, -0.15) is 10.2 Å². The molecule has 0 radical (unpaired) electrons. The predicted molar refractivity (Wildman–Crippen MR) is 89.6 cm³/mol. The van der Waals surface area contributed by atoms with E-state index in [4.69, 9.17) is 5.73 Å². The number of benzene rings is 1. The summed E-state index contributed by atoms with van der Waals surface area (Å²) in [5, 5.41) is 9.06. The van der Waals surface area contributed by atoms with Gasteiger partial charge in [-0.25, -0.2) is 4.68 Å². The summed E-state index contributed by atoms with van der Waals surface area (Å²) >= 11 is 0. The molecule has 118 valence electrons. The molecule has 1 atom stereocenters. The van der Waals surface area contributed by atoms with Crippen molar-refractivity contribution >= 4 is 0 Å². The van der Waals surface area contributed by atoms with Gasteiger partial charge >= 0.3 is 0 Å². The first kappa shape index (κ1) is 14.2. The zero-order chi connectivity index (χ0) is 15.6. The lowest BCUT2D eigenvalue weighted by molar-refractivity contribution is 0.531. The summed E-state index contributed by atoms with van der Waals surface area (Å²) in [5.74, 6) is 0.472. The van der Waals surface area contributed by atoms with Gasteiger partial charge in [0.25, 0.3) is 0 Å². The van der Waals surface area contributed by atoms with Gasteiger partial charge in [0.15, 0.2) is 0 Å². The second-order valence-electron chi connectivity index (χ2n) is 6.16. The van der Waals surface area contributed by atoms with Crippen LogP contribution in [0.2, 0.25) is 0 Å². The number of fused-ring (bicyclic) bond motifs is 1. The van der Waals surface area contributed by atoms with Crippen molar-refractivity contribution in [2.45, 2.75) is 31.7 Å². The third-order valence-electron chi connectivity index (χ3n) is 4.66. The number of aromatic nitrogens is 4. The highest BCUT2D eigenvalue weighted by molar-refractivity contribution is 5.31. The third-order valence-corrected chi connectivity index (χ3v) is 4.66. The van der Waals surface area contributed by atoms with E-state index in [0.29, 0.717) is 12.5 Å². The van der Waals surface area contributed by atoms with Crippen LogP contribution < -0.4 is 5.73 Å². The summed E-state index contributed by atoms with van der Waals surface area (Å²) in [5.41, 5.74) is 10.8. The molecule has 3 aromatic rings. The highest BCUT2D eigenvalue weighted by Crippen LogP contribution is 2.30. The van der Waals surface area contributed by atoms with Gasteiger partial charge in [-0.3, -0.25) is 4.68 Å². The first-order valence-corrected chi connectivity index (χ1v) is 8.19. The van der Waals surface area contributed by atoms with Gasteiger partial charge in [0.05, 0.1) is 24.6 Å². The molecule has 1 aliphatic rings. The zero-order valence-corrected chi connectivity index (χ0v) is 13.1. The largest absolute Gasteiger partial charge is 0.330 e. The van der Waals surface area contributed by atoms with Crippen molar-refractivity contribution in [1.82, 2.24) is 19.6 Å². The molecule has 0 aliphatic heterocycles. The van der Waals surface area contributed by atoms with E-state index in [1.165, 1.54) is 24.1 Å². The van der Waals surface area contributed by atoms with Crippen LogP contribution >= 0.6 is 0 Å². The Labute approximate surface area is 135 Å². The van der Waals surface area contributed by atoms with Crippen molar-refractivity contribution in [3.63, 3.8) is 0 Å². The molecular weight excluding hydrogens is 286 g/mol. The van der Waals surface area contributed by atoms with Gasteiger partial charge in [0.2, 0.25) is 0 Å². The SMILES string of the molecule is NCC1CCCc2c1cnn2Cc1cnn(-c2ccccc2)c1. The second-order valence-corrected chi connectivity index (χ2v) is 6.16. The zero-order valence-electron chi connectivity index (χ0n) is 13.1. The molecule has 1 aromatic carbocycles. The molecule has 2 aromatic heterocycles. The Morgan fingerprint density at radius 1 is 1.13 bits per heavy atom. The quantitative estimate of drug-likeness (QED) is 0.805. The standard InChI is InChI=1S/C18H21N5/c19-9-15-5-4-8-18-17(15)11-21-23(18)13-14-10-20-22(12-14)16-6-2-1-3-7-16/h1-3,6-7,10-12,15H,4-5,8-9,13,19H2. The van der Waals surface area contributed by atoms with Crippen LogP contribution in [0.4, 0.5) is 0 Å². The van der Waals surface area contributed by atoms with Crippen LogP contribution in [0.5, 0.6) is 0 Å². The Kier molecular flexibility index (Phi) is 3.71. The Balaban J connectivity index is 1.58. The van der Waals surface area contributed by atoms with Gasteiger partial charge in [-0.15, -0.1) is 0 Å². The maximum absolute atomic E-state index is 5.90. The summed E-state index contributed by atoms with van der Waals surface area (Å²) in [6.45, 7) is 1.48. The van der Waals surface area contributed by atoms with E-state index in [1.807, 2.05) is 35.3 Å². The number of hydrogen-bond acceptors (Lipinski definition) is 3. The maximum Gasteiger partial charge on any atom is 0.0693 e. The summed E-state index contributed by atoms with van der Waals surface area (Å²) in [4.78, 5) is 0. The molecule has 0 fully saturated rings.